The number of aldehydes is 1. The van der Waals surface area contributed by atoms with Gasteiger partial charge in [-0.3, -0.25) is 14.4 Å². The number of amides is 1. The summed E-state index contributed by atoms with van der Waals surface area (Å²) in [4.78, 5) is 33.7. The van der Waals surface area contributed by atoms with Gasteiger partial charge in [0.15, 0.2) is 0 Å². The van der Waals surface area contributed by atoms with E-state index in [4.69, 9.17) is 4.74 Å². The van der Waals surface area contributed by atoms with Gasteiger partial charge in [-0.05, 0) is 32.9 Å². The zero-order chi connectivity index (χ0) is 15.2. The Labute approximate surface area is 118 Å². The molecule has 1 aromatic rings. The zero-order valence-corrected chi connectivity index (χ0v) is 11.9. The second-order valence-electron chi connectivity index (χ2n) is 5.33. The standard InChI is InChI=1S/C15H19NO4/c1-15(2,3)20-13(18)8-9-16-14(19)12-6-4-11(10-17)5-7-12/h4-7,10H,8-9H2,1-3H3,(H,16,19). The van der Waals surface area contributed by atoms with Crippen LogP contribution < -0.4 is 5.32 Å². The number of ether oxygens (including phenoxy) is 1. The van der Waals surface area contributed by atoms with Crippen molar-refractivity contribution in [2.24, 2.45) is 0 Å². The summed E-state index contributed by atoms with van der Waals surface area (Å²) in [5, 5.41) is 2.62. The Balaban J connectivity index is 2.39. The summed E-state index contributed by atoms with van der Waals surface area (Å²) in [5.41, 5.74) is 0.432. The lowest BCUT2D eigenvalue weighted by Gasteiger charge is -2.19. The summed E-state index contributed by atoms with van der Waals surface area (Å²) in [7, 11) is 0. The smallest absolute Gasteiger partial charge is 0.308 e. The van der Waals surface area contributed by atoms with Gasteiger partial charge in [0.05, 0.1) is 6.42 Å². The second-order valence-corrected chi connectivity index (χ2v) is 5.33. The van der Waals surface area contributed by atoms with Crippen LogP contribution in [0.4, 0.5) is 0 Å². The number of hydrogen-bond donors (Lipinski definition) is 1. The van der Waals surface area contributed by atoms with Gasteiger partial charge in [-0.1, -0.05) is 12.1 Å². The van der Waals surface area contributed by atoms with Crippen LogP contribution in [0.3, 0.4) is 0 Å². The van der Waals surface area contributed by atoms with Crippen LogP contribution in [0.5, 0.6) is 0 Å². The first-order chi connectivity index (χ1) is 9.31. The van der Waals surface area contributed by atoms with Gasteiger partial charge in [0.25, 0.3) is 5.91 Å². The van der Waals surface area contributed by atoms with E-state index >= 15 is 0 Å². The molecule has 0 spiro atoms. The Kier molecular flexibility index (Phi) is 5.43. The Bertz CT molecular complexity index is 486. The predicted octanol–water partition coefficient (Wildman–Crippen LogP) is 1.96. The molecule has 0 unspecified atom stereocenters. The highest BCUT2D eigenvalue weighted by atomic mass is 16.6. The van der Waals surface area contributed by atoms with E-state index in [0.717, 1.165) is 0 Å². The number of rotatable bonds is 5. The summed E-state index contributed by atoms with van der Waals surface area (Å²) in [6.45, 7) is 5.58. The summed E-state index contributed by atoms with van der Waals surface area (Å²) in [6.07, 6.45) is 0.833. The Morgan fingerprint density at radius 3 is 2.30 bits per heavy atom. The van der Waals surface area contributed by atoms with Gasteiger partial charge in [0, 0.05) is 17.7 Å². The molecule has 0 atom stereocenters. The molecule has 1 amide bonds. The SMILES string of the molecule is CC(C)(C)OC(=O)CCNC(=O)c1ccc(C=O)cc1. The van der Waals surface area contributed by atoms with Crippen LogP contribution in [0.25, 0.3) is 0 Å². The maximum absolute atomic E-state index is 11.8. The number of hydrogen-bond acceptors (Lipinski definition) is 4. The molecule has 0 radical (unpaired) electrons. The number of esters is 1. The highest BCUT2D eigenvalue weighted by Gasteiger charge is 2.16. The normalized spacial score (nSPS) is 10.8. The maximum atomic E-state index is 11.8. The van der Waals surface area contributed by atoms with Crippen LogP contribution >= 0.6 is 0 Å². The van der Waals surface area contributed by atoms with Gasteiger partial charge in [0.2, 0.25) is 0 Å². The van der Waals surface area contributed by atoms with E-state index in [1.807, 2.05) is 0 Å². The van der Waals surface area contributed by atoms with E-state index in [9.17, 15) is 14.4 Å². The molecule has 0 bridgehead atoms. The molecule has 108 valence electrons. The van der Waals surface area contributed by atoms with E-state index in [1.54, 1.807) is 45.0 Å². The van der Waals surface area contributed by atoms with Crippen LogP contribution in [0.15, 0.2) is 24.3 Å². The molecular formula is C15H19NO4. The molecule has 0 aromatic heterocycles. The first-order valence-corrected chi connectivity index (χ1v) is 6.37. The number of carbonyl (C=O) groups is 3. The molecule has 0 aliphatic rings. The molecule has 0 saturated heterocycles. The molecule has 0 heterocycles. The van der Waals surface area contributed by atoms with E-state index in [2.05, 4.69) is 5.32 Å². The number of benzene rings is 1. The number of nitrogens with one attached hydrogen (secondary N) is 1. The summed E-state index contributed by atoms with van der Waals surface area (Å²) in [6, 6.07) is 6.25. The third-order valence-electron chi connectivity index (χ3n) is 2.34. The first-order valence-electron chi connectivity index (χ1n) is 6.37. The quantitative estimate of drug-likeness (QED) is 0.659. The third-order valence-corrected chi connectivity index (χ3v) is 2.34. The molecule has 0 aliphatic heterocycles. The molecule has 0 aliphatic carbocycles. The topological polar surface area (TPSA) is 72.5 Å². The third kappa shape index (κ3) is 5.65. The van der Waals surface area contributed by atoms with E-state index < -0.39 is 5.60 Å². The van der Waals surface area contributed by atoms with Gasteiger partial charge in [-0.2, -0.15) is 0 Å². The van der Waals surface area contributed by atoms with Crippen LogP contribution in [0, 0.1) is 0 Å². The fraction of sp³-hybridized carbons (Fsp3) is 0.400. The van der Waals surface area contributed by atoms with Crippen molar-refractivity contribution in [2.45, 2.75) is 32.8 Å². The minimum Gasteiger partial charge on any atom is -0.460 e. The van der Waals surface area contributed by atoms with Crippen molar-refractivity contribution in [3.63, 3.8) is 0 Å². The molecule has 5 nitrogen and oxygen atoms in total. The highest BCUT2D eigenvalue weighted by molar-refractivity contribution is 5.95. The summed E-state index contributed by atoms with van der Waals surface area (Å²) < 4.78 is 5.13. The lowest BCUT2D eigenvalue weighted by molar-refractivity contribution is -0.154. The molecule has 1 N–H and O–H groups in total. The zero-order valence-electron chi connectivity index (χ0n) is 11.9. The van der Waals surface area contributed by atoms with Crippen molar-refractivity contribution in [2.75, 3.05) is 6.54 Å². The maximum Gasteiger partial charge on any atom is 0.308 e. The highest BCUT2D eigenvalue weighted by Crippen LogP contribution is 2.08. The predicted molar refractivity (Wildman–Crippen MR) is 74.6 cm³/mol. The Morgan fingerprint density at radius 1 is 1.20 bits per heavy atom. The van der Waals surface area contributed by atoms with E-state index in [-0.39, 0.29) is 24.8 Å². The number of carbonyl (C=O) groups excluding carboxylic acids is 3. The van der Waals surface area contributed by atoms with E-state index in [1.165, 1.54) is 0 Å². The summed E-state index contributed by atoms with van der Waals surface area (Å²) >= 11 is 0. The first kappa shape index (κ1) is 15.9. The van der Waals surface area contributed by atoms with Crippen molar-refractivity contribution < 1.29 is 19.1 Å². The van der Waals surface area contributed by atoms with Crippen LogP contribution in [0.2, 0.25) is 0 Å². The lowest BCUT2D eigenvalue weighted by atomic mass is 10.1. The molecule has 0 fully saturated rings. The average molecular weight is 277 g/mol. The van der Waals surface area contributed by atoms with Crippen molar-refractivity contribution in [3.8, 4) is 0 Å². The van der Waals surface area contributed by atoms with Crippen molar-refractivity contribution >= 4 is 18.2 Å². The van der Waals surface area contributed by atoms with Gasteiger partial charge in [-0.25, -0.2) is 0 Å². The van der Waals surface area contributed by atoms with Crippen molar-refractivity contribution in [1.29, 1.82) is 0 Å². The van der Waals surface area contributed by atoms with Gasteiger partial charge < -0.3 is 10.1 Å². The van der Waals surface area contributed by atoms with Gasteiger partial charge in [0.1, 0.15) is 11.9 Å². The molecule has 1 rings (SSSR count). The lowest BCUT2D eigenvalue weighted by Crippen LogP contribution is -2.29. The van der Waals surface area contributed by atoms with Gasteiger partial charge in [-0.15, -0.1) is 0 Å². The second kappa shape index (κ2) is 6.84. The summed E-state index contributed by atoms with van der Waals surface area (Å²) in [5.74, 6) is -0.639. The van der Waals surface area contributed by atoms with Crippen LogP contribution in [-0.2, 0) is 9.53 Å². The fourth-order valence-electron chi connectivity index (χ4n) is 1.49. The minimum atomic E-state index is -0.522. The van der Waals surface area contributed by atoms with Gasteiger partial charge >= 0.3 is 5.97 Å². The van der Waals surface area contributed by atoms with Crippen LogP contribution in [-0.4, -0.2) is 30.3 Å². The monoisotopic (exact) mass is 277 g/mol. The molecule has 1 aromatic carbocycles. The molecular weight excluding hydrogens is 258 g/mol. The molecule has 0 saturated carbocycles. The largest absolute Gasteiger partial charge is 0.460 e. The van der Waals surface area contributed by atoms with Crippen LogP contribution in [0.1, 0.15) is 47.9 Å². The fourth-order valence-corrected chi connectivity index (χ4v) is 1.49. The van der Waals surface area contributed by atoms with Crippen molar-refractivity contribution in [3.05, 3.63) is 35.4 Å². The molecule has 20 heavy (non-hydrogen) atoms. The Hall–Kier alpha value is -2.17. The minimum absolute atomic E-state index is 0.120. The molecule has 5 heteroatoms. The average Bonchev–Trinajstić information content (AvgIpc) is 2.36. The van der Waals surface area contributed by atoms with Crippen molar-refractivity contribution in [1.82, 2.24) is 5.32 Å². The van der Waals surface area contributed by atoms with E-state index in [0.29, 0.717) is 17.4 Å². The Morgan fingerprint density at radius 2 is 1.80 bits per heavy atom.